The van der Waals surface area contributed by atoms with Crippen molar-refractivity contribution in [3.8, 4) is 5.75 Å². The lowest BCUT2D eigenvalue weighted by atomic mass is 10.0. The van der Waals surface area contributed by atoms with Crippen molar-refractivity contribution in [2.45, 2.75) is 32.4 Å². The fourth-order valence-corrected chi connectivity index (χ4v) is 3.01. The van der Waals surface area contributed by atoms with Crippen LogP contribution in [0.1, 0.15) is 30.5 Å². The van der Waals surface area contributed by atoms with Crippen molar-refractivity contribution in [2.24, 2.45) is 0 Å². The average molecular weight is 292 g/mol. The van der Waals surface area contributed by atoms with Crippen molar-refractivity contribution in [1.29, 1.82) is 0 Å². The van der Waals surface area contributed by atoms with Gasteiger partial charge in [0, 0.05) is 30.7 Å². The number of rotatable bonds is 6. The van der Waals surface area contributed by atoms with E-state index in [2.05, 4.69) is 42.3 Å². The summed E-state index contributed by atoms with van der Waals surface area (Å²) in [5.74, 6) is 0.959. The van der Waals surface area contributed by atoms with E-state index in [1.54, 1.807) is 7.11 Å². The number of hydrogen-bond donors (Lipinski definition) is 1. The smallest absolute Gasteiger partial charge is 0.123 e. The zero-order valence-corrected chi connectivity index (χ0v) is 13.7. The van der Waals surface area contributed by atoms with Crippen LogP contribution in [0.3, 0.4) is 0 Å². The number of ether oxygens (including phenoxy) is 2. The van der Waals surface area contributed by atoms with Crippen LogP contribution in [0.25, 0.3) is 0 Å². The van der Waals surface area contributed by atoms with Gasteiger partial charge in [-0.1, -0.05) is 24.6 Å². The third kappa shape index (κ3) is 3.96. The number of benzene rings is 1. The van der Waals surface area contributed by atoms with Gasteiger partial charge in [0.1, 0.15) is 5.75 Å². The Bertz CT molecular complexity index is 450. The second kappa shape index (κ2) is 7.78. The van der Waals surface area contributed by atoms with Gasteiger partial charge < -0.3 is 14.8 Å². The van der Waals surface area contributed by atoms with Gasteiger partial charge in [0.05, 0.1) is 20.3 Å². The molecule has 1 aliphatic heterocycles. The molecule has 1 N–H and O–H groups in total. The molecule has 0 radical (unpaired) electrons. The molecule has 1 heterocycles. The van der Waals surface area contributed by atoms with Crippen LogP contribution in [0, 0.1) is 6.92 Å². The monoisotopic (exact) mass is 292 g/mol. The van der Waals surface area contributed by atoms with Gasteiger partial charge in [-0.2, -0.15) is 0 Å². The summed E-state index contributed by atoms with van der Waals surface area (Å²) in [6.07, 6.45) is 1.13. The molecule has 4 heteroatoms. The molecular formula is C17H28N2O2. The Labute approximate surface area is 128 Å². The summed E-state index contributed by atoms with van der Waals surface area (Å²) in [5, 5.41) is 3.45. The maximum atomic E-state index is 5.60. The molecule has 21 heavy (non-hydrogen) atoms. The number of aryl methyl sites for hydroxylation is 1. The van der Waals surface area contributed by atoms with Gasteiger partial charge in [0.25, 0.3) is 0 Å². The second-order valence-electron chi connectivity index (χ2n) is 5.72. The maximum absolute atomic E-state index is 5.60. The van der Waals surface area contributed by atoms with Crippen LogP contribution in [-0.2, 0) is 4.74 Å². The Hall–Kier alpha value is -1.10. The number of methoxy groups -OCH3 is 1. The van der Waals surface area contributed by atoms with Gasteiger partial charge in [-0.3, -0.25) is 4.90 Å². The highest BCUT2D eigenvalue weighted by atomic mass is 16.5. The fraction of sp³-hybridized carbons (Fsp3) is 0.647. The third-order valence-corrected chi connectivity index (χ3v) is 4.35. The average Bonchev–Trinajstić information content (AvgIpc) is 2.53. The van der Waals surface area contributed by atoms with Gasteiger partial charge >= 0.3 is 0 Å². The molecule has 0 spiro atoms. The molecular weight excluding hydrogens is 264 g/mol. The molecule has 0 saturated carbocycles. The summed E-state index contributed by atoms with van der Waals surface area (Å²) < 4.78 is 11.1. The van der Waals surface area contributed by atoms with Crippen molar-refractivity contribution in [3.05, 3.63) is 29.3 Å². The number of nitrogens with one attached hydrogen (secondary N) is 1. The molecule has 4 nitrogen and oxygen atoms in total. The van der Waals surface area contributed by atoms with Gasteiger partial charge in [-0.15, -0.1) is 0 Å². The topological polar surface area (TPSA) is 33.7 Å². The number of hydrogen-bond acceptors (Lipinski definition) is 4. The molecule has 0 bridgehead atoms. The Morgan fingerprint density at radius 3 is 2.95 bits per heavy atom. The molecule has 1 aliphatic rings. The first-order valence-electron chi connectivity index (χ1n) is 7.83. The van der Waals surface area contributed by atoms with Gasteiger partial charge in [0.15, 0.2) is 0 Å². The normalized spacial score (nSPS) is 21.2. The molecule has 2 unspecified atom stereocenters. The van der Waals surface area contributed by atoms with Crippen molar-refractivity contribution >= 4 is 0 Å². The standard InChI is InChI=1S/C17H28N2O2/c1-5-14-12-21-9-8-19(14)11-16(18-3)15-10-13(2)6-7-17(15)20-4/h6-7,10,14,16,18H,5,8-9,11-12H2,1-4H3. The van der Waals surface area contributed by atoms with E-state index in [0.29, 0.717) is 6.04 Å². The van der Waals surface area contributed by atoms with Crippen LogP contribution in [0.2, 0.25) is 0 Å². The molecule has 2 rings (SSSR count). The lowest BCUT2D eigenvalue weighted by Crippen LogP contribution is -2.48. The second-order valence-corrected chi connectivity index (χ2v) is 5.72. The highest BCUT2D eigenvalue weighted by Crippen LogP contribution is 2.27. The molecule has 1 saturated heterocycles. The van der Waals surface area contributed by atoms with E-state index in [1.807, 2.05) is 7.05 Å². The predicted molar refractivity (Wildman–Crippen MR) is 86.0 cm³/mol. The van der Waals surface area contributed by atoms with Crippen LogP contribution in [0.4, 0.5) is 0 Å². The Morgan fingerprint density at radius 2 is 2.29 bits per heavy atom. The van der Waals surface area contributed by atoms with Crippen LogP contribution in [0.5, 0.6) is 5.75 Å². The van der Waals surface area contributed by atoms with Crippen LogP contribution >= 0.6 is 0 Å². The molecule has 2 atom stereocenters. The lowest BCUT2D eigenvalue weighted by Gasteiger charge is -2.37. The van der Waals surface area contributed by atoms with Gasteiger partial charge in [-0.05, 0) is 26.5 Å². The van der Waals surface area contributed by atoms with Crippen LogP contribution in [0.15, 0.2) is 18.2 Å². The summed E-state index contributed by atoms with van der Waals surface area (Å²) >= 11 is 0. The Balaban J connectivity index is 2.17. The predicted octanol–water partition coefficient (Wildman–Crippen LogP) is 2.37. The van der Waals surface area contributed by atoms with Crippen LogP contribution in [-0.4, -0.2) is 51.4 Å². The Kier molecular flexibility index (Phi) is 6.03. The quantitative estimate of drug-likeness (QED) is 0.873. The molecule has 1 fully saturated rings. The zero-order chi connectivity index (χ0) is 15.2. The Morgan fingerprint density at radius 1 is 1.48 bits per heavy atom. The van der Waals surface area contributed by atoms with Crippen LogP contribution < -0.4 is 10.1 Å². The van der Waals surface area contributed by atoms with E-state index >= 15 is 0 Å². The number of likely N-dealkylation sites (N-methyl/N-ethyl adjacent to an activating group) is 1. The van der Waals surface area contributed by atoms with E-state index in [9.17, 15) is 0 Å². The highest BCUT2D eigenvalue weighted by Gasteiger charge is 2.25. The number of nitrogens with zero attached hydrogens (tertiary/aromatic N) is 1. The van der Waals surface area contributed by atoms with E-state index in [1.165, 1.54) is 11.1 Å². The minimum atomic E-state index is 0.270. The minimum absolute atomic E-state index is 0.270. The molecule has 0 amide bonds. The lowest BCUT2D eigenvalue weighted by molar-refractivity contribution is -0.0124. The van der Waals surface area contributed by atoms with Crippen molar-refractivity contribution in [2.75, 3.05) is 40.5 Å². The molecule has 1 aromatic rings. The van der Waals surface area contributed by atoms with Crippen molar-refractivity contribution in [1.82, 2.24) is 10.2 Å². The zero-order valence-electron chi connectivity index (χ0n) is 13.7. The summed E-state index contributed by atoms with van der Waals surface area (Å²) in [4.78, 5) is 2.53. The molecule has 118 valence electrons. The molecule has 0 aliphatic carbocycles. The van der Waals surface area contributed by atoms with E-state index in [4.69, 9.17) is 9.47 Å². The summed E-state index contributed by atoms with van der Waals surface area (Å²) in [6.45, 7) is 8.02. The summed E-state index contributed by atoms with van der Waals surface area (Å²) in [7, 11) is 3.76. The van der Waals surface area contributed by atoms with Crippen molar-refractivity contribution in [3.63, 3.8) is 0 Å². The first-order chi connectivity index (χ1) is 10.2. The minimum Gasteiger partial charge on any atom is -0.496 e. The van der Waals surface area contributed by atoms with E-state index in [0.717, 1.165) is 38.5 Å². The SMILES string of the molecule is CCC1COCCN1CC(NC)c1cc(C)ccc1OC. The molecule has 1 aromatic carbocycles. The first kappa shape index (κ1) is 16.3. The van der Waals surface area contributed by atoms with Gasteiger partial charge in [-0.25, -0.2) is 0 Å². The summed E-state index contributed by atoms with van der Waals surface area (Å²) in [6, 6.07) is 7.17. The van der Waals surface area contributed by atoms with E-state index in [-0.39, 0.29) is 6.04 Å². The fourth-order valence-electron chi connectivity index (χ4n) is 3.01. The largest absolute Gasteiger partial charge is 0.496 e. The van der Waals surface area contributed by atoms with E-state index < -0.39 is 0 Å². The van der Waals surface area contributed by atoms with Gasteiger partial charge in [0.2, 0.25) is 0 Å². The molecule has 0 aromatic heterocycles. The van der Waals surface area contributed by atoms with Crippen molar-refractivity contribution < 1.29 is 9.47 Å². The third-order valence-electron chi connectivity index (χ3n) is 4.35. The number of morpholine rings is 1. The maximum Gasteiger partial charge on any atom is 0.123 e. The summed E-state index contributed by atoms with van der Waals surface area (Å²) in [5.41, 5.74) is 2.50. The highest BCUT2D eigenvalue weighted by molar-refractivity contribution is 5.39. The first-order valence-corrected chi connectivity index (χ1v) is 7.83.